The van der Waals surface area contributed by atoms with E-state index in [1.807, 2.05) is 61.5 Å². The fourth-order valence-electron chi connectivity index (χ4n) is 10.6. The van der Waals surface area contributed by atoms with Crippen molar-refractivity contribution in [2.75, 3.05) is 103 Å². The smallest absolute Gasteiger partial charge is 0.409 e. The number of anilines is 2. The number of hydrogen-bond acceptors (Lipinski definition) is 18. The molecule has 0 radical (unpaired) electrons. The van der Waals surface area contributed by atoms with Crippen molar-refractivity contribution in [3.63, 3.8) is 0 Å². The van der Waals surface area contributed by atoms with Crippen LogP contribution in [0.1, 0.15) is 88.5 Å². The average molecular weight is 1270 g/mol. The number of ether oxygens (including phenoxy) is 9. The van der Waals surface area contributed by atoms with Gasteiger partial charge in [0.15, 0.2) is 10.8 Å². The number of hydrogen-bond donors (Lipinski definition) is 3. The maximum Gasteiger partial charge on any atom is 0.409 e. The number of allylic oxidation sites excluding steroid dienone is 3. The highest BCUT2D eigenvalue weighted by Gasteiger charge is 2.64. The highest BCUT2D eigenvalue weighted by Crippen LogP contribution is 2.49. The zero-order chi connectivity index (χ0) is 64.3. The van der Waals surface area contributed by atoms with E-state index in [1.54, 1.807) is 50.1 Å². The van der Waals surface area contributed by atoms with Crippen LogP contribution in [0.25, 0.3) is 0 Å². The third-order valence-corrected chi connectivity index (χ3v) is 17.3. The molecule has 0 spiro atoms. The molecular formula is C65H82ClN5O17S. The number of rotatable bonds is 26. The van der Waals surface area contributed by atoms with Crippen LogP contribution in [-0.2, 0) is 79.6 Å². The van der Waals surface area contributed by atoms with Crippen molar-refractivity contribution in [1.29, 1.82) is 0 Å². The first kappa shape index (κ1) is 69.6. The Labute approximate surface area is 529 Å². The molecule has 24 heteroatoms. The standard InChI is InChI=1S/C65H82ClN5O17S/c1-42-14-13-19-53(81-8)65(79)40-52(86-63(78)68-65)43(2)61-64(4,88-61)54(39-58(75)70(6)50-37-45(36-42)38-51(80-7)60(50)66)87-62(77)44(3)69(5)56(73)25-35-89-59(76)24-27-82-29-31-84-33-34-85-32-30-83-28-26-67-55(72)22-23-57(74)71-41-48-17-10-9-15-46(48)20-21-47-16-11-12-18-49(47)71/h9-19,37-38,43-44,52-54,61,79H,22-36,39-41H2,1-8H3,(H,67,72)(H,68,78)/b19-13+,42-14+/t43-,44+,52+,53-,54+,61-,64+,65+/m1/s1. The van der Waals surface area contributed by atoms with E-state index >= 15 is 0 Å². The molecule has 0 unspecified atom stereocenters. The SMILES string of the molecule is COc1cc2cc(c1Cl)N(C)C(=O)C[C@H](OC(=O)[C@H](C)N(C)C(=O)CCSC(=O)CCOCCOCCOCCOCCNC(=O)CCC(=O)N1Cc3ccccc3C#Cc3ccccc31)[C@]1(C)O[C@@H]1[C@H](C)[C@@H]1C[C@@](O)(NC(=O)O1)[C@H](OC)/C=C/C=C(\C)C2. The van der Waals surface area contributed by atoms with E-state index in [-0.39, 0.29) is 99.2 Å². The number of nitrogens with zero attached hydrogens (tertiary/aromatic N) is 3. The van der Waals surface area contributed by atoms with Gasteiger partial charge >= 0.3 is 12.1 Å². The molecule has 7 rings (SSSR count). The fourth-order valence-corrected chi connectivity index (χ4v) is 11.6. The highest BCUT2D eigenvalue weighted by atomic mass is 35.5. The topological polar surface area (TPSA) is 260 Å². The lowest BCUT2D eigenvalue weighted by Gasteiger charge is -2.42. The summed E-state index contributed by atoms with van der Waals surface area (Å²) in [6.07, 6.45) is 0.550. The highest BCUT2D eigenvalue weighted by molar-refractivity contribution is 8.13. The number of benzene rings is 3. The first-order valence-electron chi connectivity index (χ1n) is 29.7. The molecule has 4 aliphatic rings. The molecule has 2 fully saturated rings. The lowest BCUT2D eigenvalue weighted by molar-refractivity contribution is -0.162. The van der Waals surface area contributed by atoms with Gasteiger partial charge in [-0.3, -0.25) is 29.3 Å². The number of para-hydroxylation sites is 1. The number of thioether (sulfide) groups is 1. The minimum absolute atomic E-state index is 0.0382. The quantitative estimate of drug-likeness (QED) is 0.0337. The van der Waals surface area contributed by atoms with E-state index in [0.717, 1.165) is 45.3 Å². The molecule has 5 amide bonds. The van der Waals surface area contributed by atoms with Gasteiger partial charge in [-0.15, -0.1) is 0 Å². The Morgan fingerprint density at radius 1 is 0.899 bits per heavy atom. The number of amides is 5. The Kier molecular flexibility index (Phi) is 26.0. The van der Waals surface area contributed by atoms with Crippen LogP contribution in [0.2, 0.25) is 5.02 Å². The average Bonchev–Trinajstić information content (AvgIpc) is 1.59. The number of esters is 1. The van der Waals surface area contributed by atoms with E-state index in [0.29, 0.717) is 50.8 Å². The van der Waals surface area contributed by atoms with Crippen LogP contribution in [0, 0.1) is 17.8 Å². The molecule has 0 aromatic heterocycles. The van der Waals surface area contributed by atoms with Crippen LogP contribution in [0.15, 0.2) is 84.5 Å². The lowest BCUT2D eigenvalue weighted by Crippen LogP contribution is -2.63. The first-order chi connectivity index (χ1) is 42.7. The van der Waals surface area contributed by atoms with Gasteiger partial charge in [-0.05, 0) is 68.7 Å². The third kappa shape index (κ3) is 19.3. The molecular weight excluding hydrogens is 1190 g/mol. The van der Waals surface area contributed by atoms with Gasteiger partial charge < -0.3 is 67.8 Å². The second-order valence-electron chi connectivity index (χ2n) is 22.3. The summed E-state index contributed by atoms with van der Waals surface area (Å²) < 4.78 is 51.7. The van der Waals surface area contributed by atoms with Crippen molar-refractivity contribution in [3.05, 3.63) is 112 Å². The molecule has 3 N–H and O–H groups in total. The summed E-state index contributed by atoms with van der Waals surface area (Å²) in [6, 6.07) is 17.7. The van der Waals surface area contributed by atoms with Crippen molar-refractivity contribution in [2.24, 2.45) is 5.92 Å². The summed E-state index contributed by atoms with van der Waals surface area (Å²) in [4.78, 5) is 97.8. The third-order valence-electron chi connectivity index (χ3n) is 16.0. The van der Waals surface area contributed by atoms with E-state index < -0.39 is 71.6 Å². The summed E-state index contributed by atoms with van der Waals surface area (Å²) in [5, 5.41) is 17.2. The molecule has 22 nitrogen and oxygen atoms in total. The van der Waals surface area contributed by atoms with Crippen LogP contribution < -0.4 is 25.2 Å². The van der Waals surface area contributed by atoms with Crippen LogP contribution >= 0.6 is 23.4 Å². The molecule has 4 bridgehead atoms. The Hall–Kier alpha value is -6.85. The van der Waals surface area contributed by atoms with Crippen LogP contribution in [0.4, 0.5) is 16.2 Å². The predicted molar refractivity (Wildman–Crippen MR) is 333 cm³/mol. The molecule has 89 heavy (non-hydrogen) atoms. The number of alkyl carbamates (subject to hydrolysis) is 1. The fraction of sp³-hybridized carbons (Fsp3) is 0.523. The van der Waals surface area contributed by atoms with Crippen LogP contribution in [-0.4, -0.2) is 186 Å². The second kappa shape index (κ2) is 33.3. The van der Waals surface area contributed by atoms with Crippen molar-refractivity contribution < 1.29 is 81.3 Å². The van der Waals surface area contributed by atoms with E-state index in [4.69, 9.17) is 54.2 Å². The molecule has 4 heterocycles. The largest absolute Gasteiger partial charge is 0.495 e. The normalized spacial score (nSPS) is 23.6. The van der Waals surface area contributed by atoms with Gasteiger partial charge in [0, 0.05) is 82.7 Å². The van der Waals surface area contributed by atoms with Crippen LogP contribution in [0.5, 0.6) is 5.75 Å². The first-order valence-corrected chi connectivity index (χ1v) is 31.1. The van der Waals surface area contributed by atoms with Gasteiger partial charge in [-0.25, -0.2) is 9.59 Å². The molecule has 482 valence electrons. The second-order valence-corrected chi connectivity index (χ2v) is 23.9. The molecule has 2 saturated heterocycles. The van der Waals surface area contributed by atoms with Gasteiger partial charge in [0.2, 0.25) is 23.6 Å². The van der Waals surface area contributed by atoms with E-state index in [9.17, 15) is 38.7 Å². The van der Waals surface area contributed by atoms with Crippen molar-refractivity contribution in [3.8, 4) is 17.6 Å². The number of fused-ring (bicyclic) bond motifs is 7. The van der Waals surface area contributed by atoms with Gasteiger partial charge in [-0.2, -0.15) is 0 Å². The van der Waals surface area contributed by atoms with Crippen molar-refractivity contribution in [2.45, 2.75) is 121 Å². The summed E-state index contributed by atoms with van der Waals surface area (Å²) in [5.74, 6) is 4.14. The van der Waals surface area contributed by atoms with Crippen LogP contribution in [0.3, 0.4) is 0 Å². The van der Waals surface area contributed by atoms with Crippen molar-refractivity contribution >= 4 is 75.5 Å². The number of halogens is 1. The summed E-state index contributed by atoms with van der Waals surface area (Å²) >= 11 is 7.80. The minimum Gasteiger partial charge on any atom is -0.495 e. The zero-order valence-electron chi connectivity index (χ0n) is 51.8. The molecule has 3 aromatic rings. The Bertz CT molecular complexity index is 3130. The number of aliphatic hydroxyl groups is 1. The number of nitrogens with one attached hydrogen (secondary N) is 2. The molecule has 3 aromatic carbocycles. The number of carbonyl (C=O) groups is 7. The zero-order valence-corrected chi connectivity index (χ0v) is 53.4. The maximum atomic E-state index is 14.4. The maximum absolute atomic E-state index is 14.4. The molecule has 0 saturated carbocycles. The number of likely N-dealkylation sites (N-methyl/N-ethyl adjacent to an activating group) is 1. The predicted octanol–water partition coefficient (Wildman–Crippen LogP) is 6.46. The van der Waals surface area contributed by atoms with E-state index in [1.165, 1.54) is 38.0 Å². The monoisotopic (exact) mass is 1270 g/mol. The van der Waals surface area contributed by atoms with E-state index in [2.05, 4.69) is 22.5 Å². The number of methoxy groups -OCH3 is 2. The lowest BCUT2D eigenvalue weighted by atomic mass is 9.83. The minimum atomic E-state index is -1.88. The van der Waals surface area contributed by atoms with Gasteiger partial charge in [0.1, 0.15) is 40.7 Å². The van der Waals surface area contributed by atoms with Gasteiger partial charge in [0.05, 0.1) is 90.4 Å². The Morgan fingerprint density at radius 2 is 1.56 bits per heavy atom. The number of epoxide rings is 1. The van der Waals surface area contributed by atoms with Gasteiger partial charge in [0.25, 0.3) is 0 Å². The molecule has 4 aliphatic heterocycles. The number of carbonyl (C=O) groups excluding carboxylic acids is 7. The summed E-state index contributed by atoms with van der Waals surface area (Å²) in [6.45, 7) is 9.77. The van der Waals surface area contributed by atoms with Gasteiger partial charge in [-0.1, -0.05) is 96.3 Å². The summed E-state index contributed by atoms with van der Waals surface area (Å²) in [5.41, 5.74) is 2.12. The summed E-state index contributed by atoms with van der Waals surface area (Å²) in [7, 11) is 5.88. The molecule has 8 atom stereocenters. The Balaban J connectivity index is 0.770. The molecule has 0 aliphatic carbocycles. The Morgan fingerprint density at radius 3 is 2.27 bits per heavy atom. The van der Waals surface area contributed by atoms with Crippen molar-refractivity contribution in [1.82, 2.24) is 15.5 Å².